The highest BCUT2D eigenvalue weighted by molar-refractivity contribution is 7.14. The van der Waals surface area contributed by atoms with Gasteiger partial charge in [-0.3, -0.25) is 14.9 Å². The van der Waals surface area contributed by atoms with Crippen LogP contribution in [0.1, 0.15) is 20.9 Å². The van der Waals surface area contributed by atoms with Gasteiger partial charge in [-0.2, -0.15) is 5.26 Å². The van der Waals surface area contributed by atoms with Crippen molar-refractivity contribution in [3.63, 3.8) is 0 Å². The highest BCUT2D eigenvalue weighted by Gasteiger charge is 2.12. The van der Waals surface area contributed by atoms with E-state index >= 15 is 0 Å². The number of hydrogen-bond donors (Lipinski definition) is 2. The summed E-state index contributed by atoms with van der Waals surface area (Å²) >= 11 is 2.63. The van der Waals surface area contributed by atoms with Crippen LogP contribution in [-0.4, -0.2) is 16.8 Å². The molecule has 6 nitrogen and oxygen atoms in total. The summed E-state index contributed by atoms with van der Waals surface area (Å²) in [6, 6.07) is 12.2. The minimum atomic E-state index is -0.217. The minimum absolute atomic E-state index is 0.103. The lowest BCUT2D eigenvalue weighted by Crippen LogP contribution is -2.15. The molecule has 0 unspecified atom stereocenters. The zero-order valence-corrected chi connectivity index (χ0v) is 14.5. The van der Waals surface area contributed by atoms with Gasteiger partial charge in [-0.25, -0.2) is 4.98 Å². The summed E-state index contributed by atoms with van der Waals surface area (Å²) < 4.78 is 0. The molecule has 0 fully saturated rings. The Hall–Kier alpha value is -3.02. The van der Waals surface area contributed by atoms with Crippen LogP contribution in [0.4, 0.5) is 10.8 Å². The van der Waals surface area contributed by atoms with E-state index in [1.54, 1.807) is 41.8 Å². The van der Waals surface area contributed by atoms with E-state index in [-0.39, 0.29) is 18.2 Å². The molecule has 0 spiro atoms. The van der Waals surface area contributed by atoms with Crippen LogP contribution in [0, 0.1) is 11.3 Å². The second kappa shape index (κ2) is 7.70. The van der Waals surface area contributed by atoms with E-state index in [1.165, 1.54) is 22.7 Å². The fraction of sp³-hybridized carbons (Fsp3) is 0.0588. The molecule has 0 aliphatic rings. The number of amides is 2. The molecule has 0 saturated carbocycles. The number of anilines is 2. The lowest BCUT2D eigenvalue weighted by molar-refractivity contribution is -0.115. The average molecular weight is 368 g/mol. The largest absolute Gasteiger partial charge is 0.326 e. The van der Waals surface area contributed by atoms with Gasteiger partial charge in [-0.15, -0.1) is 22.7 Å². The number of aromatic nitrogens is 1. The zero-order chi connectivity index (χ0) is 17.6. The molecule has 0 bridgehead atoms. The lowest BCUT2D eigenvalue weighted by atomic mass is 10.2. The molecule has 8 heteroatoms. The third kappa shape index (κ3) is 4.50. The van der Waals surface area contributed by atoms with E-state index in [9.17, 15) is 9.59 Å². The highest BCUT2D eigenvalue weighted by atomic mass is 32.1. The summed E-state index contributed by atoms with van der Waals surface area (Å²) in [6.45, 7) is 0. The molecule has 0 saturated heterocycles. The smallest absolute Gasteiger partial charge is 0.267 e. The van der Waals surface area contributed by atoms with Crippen LogP contribution < -0.4 is 10.6 Å². The Balaban J connectivity index is 1.56. The molecule has 3 rings (SSSR count). The van der Waals surface area contributed by atoms with Gasteiger partial charge in [-0.05, 0) is 35.7 Å². The first-order valence-electron chi connectivity index (χ1n) is 7.23. The van der Waals surface area contributed by atoms with Gasteiger partial charge < -0.3 is 5.32 Å². The monoisotopic (exact) mass is 368 g/mol. The predicted octanol–water partition coefficient (Wildman–Crippen LogP) is 3.51. The fourth-order valence-electron chi connectivity index (χ4n) is 2.01. The molecule has 0 radical (unpaired) electrons. The summed E-state index contributed by atoms with van der Waals surface area (Å²) in [5, 5.41) is 18.2. The van der Waals surface area contributed by atoms with Crippen molar-refractivity contribution in [2.24, 2.45) is 0 Å². The lowest BCUT2D eigenvalue weighted by Gasteiger charge is -2.03. The summed E-state index contributed by atoms with van der Waals surface area (Å²) in [6.07, 6.45) is 0.103. The van der Waals surface area contributed by atoms with Crippen molar-refractivity contribution in [1.29, 1.82) is 5.26 Å². The molecule has 2 N–H and O–H groups in total. The second-order valence-corrected chi connectivity index (χ2v) is 6.80. The Morgan fingerprint density at radius 2 is 1.92 bits per heavy atom. The molecule has 2 aromatic heterocycles. The fourth-order valence-corrected chi connectivity index (χ4v) is 3.33. The van der Waals surface area contributed by atoms with Crippen LogP contribution in [0.5, 0.6) is 0 Å². The Bertz CT molecular complexity index is 924. The van der Waals surface area contributed by atoms with Crippen molar-refractivity contribution in [1.82, 2.24) is 4.98 Å². The quantitative estimate of drug-likeness (QED) is 0.720. The van der Waals surface area contributed by atoms with Crippen molar-refractivity contribution in [2.45, 2.75) is 6.42 Å². The van der Waals surface area contributed by atoms with Crippen molar-refractivity contribution in [2.75, 3.05) is 10.6 Å². The van der Waals surface area contributed by atoms with Gasteiger partial charge in [-0.1, -0.05) is 6.07 Å². The van der Waals surface area contributed by atoms with Gasteiger partial charge in [0.1, 0.15) is 0 Å². The molecule has 0 atom stereocenters. The molecule has 0 aliphatic carbocycles. The number of carbonyl (C=O) groups excluding carboxylic acids is 2. The van der Waals surface area contributed by atoms with Crippen LogP contribution in [0.15, 0.2) is 47.2 Å². The number of benzene rings is 1. The molecule has 0 aliphatic heterocycles. The van der Waals surface area contributed by atoms with Crippen molar-refractivity contribution in [3.8, 4) is 6.07 Å². The van der Waals surface area contributed by atoms with Gasteiger partial charge in [0.15, 0.2) is 5.13 Å². The molecular weight excluding hydrogens is 356 g/mol. The predicted molar refractivity (Wildman–Crippen MR) is 97.9 cm³/mol. The van der Waals surface area contributed by atoms with Gasteiger partial charge in [0.05, 0.1) is 28.6 Å². The van der Waals surface area contributed by atoms with Crippen molar-refractivity contribution < 1.29 is 9.59 Å². The Morgan fingerprint density at radius 3 is 2.60 bits per heavy atom. The third-order valence-electron chi connectivity index (χ3n) is 3.16. The first-order valence-corrected chi connectivity index (χ1v) is 8.99. The van der Waals surface area contributed by atoms with Crippen molar-refractivity contribution >= 4 is 45.3 Å². The van der Waals surface area contributed by atoms with E-state index in [0.717, 1.165) is 0 Å². The summed E-state index contributed by atoms with van der Waals surface area (Å²) in [5.41, 5.74) is 1.73. The van der Waals surface area contributed by atoms with Crippen LogP contribution in [0.25, 0.3) is 0 Å². The zero-order valence-electron chi connectivity index (χ0n) is 12.9. The minimum Gasteiger partial charge on any atom is -0.326 e. The maximum absolute atomic E-state index is 12.1. The number of thiazole rings is 1. The van der Waals surface area contributed by atoms with Gasteiger partial charge >= 0.3 is 0 Å². The normalized spacial score (nSPS) is 10.0. The molecule has 1 aromatic carbocycles. The van der Waals surface area contributed by atoms with E-state index in [2.05, 4.69) is 15.6 Å². The van der Waals surface area contributed by atoms with Gasteiger partial charge in [0, 0.05) is 11.1 Å². The van der Waals surface area contributed by atoms with E-state index in [0.29, 0.717) is 27.0 Å². The van der Waals surface area contributed by atoms with Crippen molar-refractivity contribution in [3.05, 3.63) is 63.3 Å². The molecule has 2 heterocycles. The number of rotatable bonds is 5. The molecule has 25 heavy (non-hydrogen) atoms. The number of hydrogen-bond acceptors (Lipinski definition) is 6. The van der Waals surface area contributed by atoms with Crippen LogP contribution in [0.2, 0.25) is 0 Å². The number of thiophene rings is 1. The Labute approximate surface area is 151 Å². The molecule has 2 amide bonds. The van der Waals surface area contributed by atoms with Crippen LogP contribution in [-0.2, 0) is 11.2 Å². The molecular formula is C17H12N4O2S2. The first-order chi connectivity index (χ1) is 12.1. The Kier molecular flexibility index (Phi) is 5.18. The van der Waals surface area contributed by atoms with E-state index < -0.39 is 0 Å². The van der Waals surface area contributed by atoms with E-state index in [4.69, 9.17) is 5.26 Å². The maximum Gasteiger partial charge on any atom is 0.267 e. The first kappa shape index (κ1) is 16.8. The third-order valence-corrected chi connectivity index (χ3v) is 4.83. The topological polar surface area (TPSA) is 94.9 Å². The maximum atomic E-state index is 12.1. The van der Waals surface area contributed by atoms with E-state index in [1.807, 2.05) is 11.4 Å². The standard InChI is InChI=1S/C17H12N4O2S2/c18-9-11-3-5-12(6-4-11)19-15(22)8-13-10-25-17(20-13)21-16(23)14-2-1-7-24-14/h1-7,10H,8H2,(H,19,22)(H,20,21,23). The Morgan fingerprint density at radius 1 is 1.12 bits per heavy atom. The number of nitriles is 1. The average Bonchev–Trinajstić information content (AvgIpc) is 3.27. The number of nitrogens with zero attached hydrogens (tertiary/aromatic N) is 2. The number of carbonyl (C=O) groups is 2. The molecule has 124 valence electrons. The van der Waals surface area contributed by atoms with Crippen LogP contribution in [0.3, 0.4) is 0 Å². The summed E-state index contributed by atoms with van der Waals surface area (Å²) in [5.74, 6) is -0.427. The molecule has 3 aromatic rings. The highest BCUT2D eigenvalue weighted by Crippen LogP contribution is 2.19. The SMILES string of the molecule is N#Cc1ccc(NC(=O)Cc2csc(NC(=O)c3cccs3)n2)cc1. The van der Waals surface area contributed by atoms with Crippen LogP contribution >= 0.6 is 22.7 Å². The second-order valence-electron chi connectivity index (χ2n) is 4.99. The van der Waals surface area contributed by atoms with Gasteiger partial charge in [0.25, 0.3) is 5.91 Å². The summed E-state index contributed by atoms with van der Waals surface area (Å²) in [7, 11) is 0. The number of nitrogens with one attached hydrogen (secondary N) is 2. The summed E-state index contributed by atoms with van der Waals surface area (Å²) in [4.78, 5) is 28.9. The van der Waals surface area contributed by atoms with Gasteiger partial charge in [0.2, 0.25) is 5.91 Å².